The van der Waals surface area contributed by atoms with Gasteiger partial charge in [0.25, 0.3) is 0 Å². The van der Waals surface area contributed by atoms with E-state index in [-0.39, 0.29) is 0 Å². The largest absolute Gasteiger partial charge is 0.457 e. The monoisotopic (exact) mass is 592 g/mol. The minimum atomic E-state index is -0.673. The van der Waals surface area contributed by atoms with E-state index in [1.54, 1.807) is 6.20 Å². The molecule has 5 heterocycles. The molecule has 3 aromatic heterocycles. The number of furan rings is 1. The lowest BCUT2D eigenvalue weighted by atomic mass is 9.62. The number of hydrogen-bond donors (Lipinski definition) is 0. The van der Waals surface area contributed by atoms with Crippen LogP contribution in [0.25, 0.3) is 44.5 Å². The van der Waals surface area contributed by atoms with Crippen LogP contribution in [0.5, 0.6) is 23.0 Å². The Morgan fingerprint density at radius 3 is 1.87 bits per heavy atom. The third kappa shape index (κ3) is 3.39. The highest BCUT2D eigenvalue weighted by Crippen LogP contribution is 2.62. The summed E-state index contributed by atoms with van der Waals surface area (Å²) in [5.74, 6) is 3.24. The zero-order valence-electron chi connectivity index (χ0n) is 24.5. The smallest absolute Gasteiger partial charge is 0.227 e. The molecule has 0 bridgehead atoms. The van der Waals surface area contributed by atoms with E-state index in [0.717, 1.165) is 84.0 Å². The van der Waals surface area contributed by atoms with Crippen molar-refractivity contribution in [2.75, 3.05) is 0 Å². The molecule has 5 nitrogen and oxygen atoms in total. The second-order valence-electron chi connectivity index (χ2n) is 11.7. The summed E-state index contributed by atoms with van der Waals surface area (Å²) < 4.78 is 19.6. The van der Waals surface area contributed by atoms with Crippen LogP contribution in [0.4, 0.5) is 0 Å². The number of hydrogen-bond acceptors (Lipinski definition) is 5. The summed E-state index contributed by atoms with van der Waals surface area (Å²) in [6.45, 7) is 0. The average molecular weight is 593 g/mol. The zero-order valence-corrected chi connectivity index (χ0v) is 24.5. The second kappa shape index (κ2) is 9.40. The van der Waals surface area contributed by atoms with Crippen LogP contribution in [0.15, 0.2) is 150 Å². The topological polar surface area (TPSA) is 57.4 Å². The summed E-state index contributed by atoms with van der Waals surface area (Å²) in [6, 6.07) is 45.9. The van der Waals surface area contributed by atoms with Gasteiger partial charge in [-0.3, -0.25) is 4.98 Å². The molecule has 10 rings (SSSR count). The third-order valence-electron chi connectivity index (χ3n) is 9.34. The molecule has 0 fully saturated rings. The van der Waals surface area contributed by atoms with Crippen molar-refractivity contribution in [2.24, 2.45) is 0 Å². The number of pyridine rings is 2. The van der Waals surface area contributed by atoms with Gasteiger partial charge in [-0.25, -0.2) is 4.98 Å². The summed E-state index contributed by atoms with van der Waals surface area (Å²) >= 11 is 0. The summed E-state index contributed by atoms with van der Waals surface area (Å²) in [4.78, 5) is 9.07. The Kier molecular flexibility index (Phi) is 5.14. The Morgan fingerprint density at radius 1 is 0.478 bits per heavy atom. The predicted octanol–water partition coefficient (Wildman–Crippen LogP) is 10.3. The molecule has 5 heteroatoms. The van der Waals surface area contributed by atoms with E-state index in [0.29, 0.717) is 5.71 Å². The first-order valence-corrected chi connectivity index (χ1v) is 15.3. The van der Waals surface area contributed by atoms with Crippen LogP contribution in [0.2, 0.25) is 0 Å². The van der Waals surface area contributed by atoms with E-state index in [1.807, 2.05) is 54.7 Å². The van der Waals surface area contributed by atoms with E-state index in [1.165, 1.54) is 0 Å². The minimum Gasteiger partial charge on any atom is -0.457 e. The molecule has 1 unspecified atom stereocenters. The fourth-order valence-corrected chi connectivity index (χ4v) is 7.43. The highest BCUT2D eigenvalue weighted by atomic mass is 16.5. The van der Waals surface area contributed by atoms with Gasteiger partial charge in [0, 0.05) is 51.0 Å². The van der Waals surface area contributed by atoms with Crippen LogP contribution >= 0.6 is 0 Å². The first-order chi connectivity index (χ1) is 22.8. The maximum Gasteiger partial charge on any atom is 0.227 e. The molecule has 0 aliphatic carbocycles. The molecular formula is C41H24N2O3. The van der Waals surface area contributed by atoms with Crippen molar-refractivity contribution < 1.29 is 13.9 Å². The van der Waals surface area contributed by atoms with E-state index in [9.17, 15) is 0 Å². The molecule has 0 N–H and O–H groups in total. The number of fused-ring (bicyclic) bond motifs is 11. The van der Waals surface area contributed by atoms with E-state index in [2.05, 4.69) is 94.9 Å². The fourth-order valence-electron chi connectivity index (χ4n) is 7.43. The summed E-state index contributed by atoms with van der Waals surface area (Å²) in [5, 5.41) is 2.03. The van der Waals surface area contributed by atoms with Crippen LogP contribution < -0.4 is 9.47 Å². The molecule has 0 amide bonds. The Hall–Kier alpha value is -6.20. The van der Waals surface area contributed by atoms with E-state index < -0.39 is 5.41 Å². The van der Waals surface area contributed by atoms with E-state index >= 15 is 0 Å². The van der Waals surface area contributed by atoms with Crippen molar-refractivity contribution in [3.05, 3.63) is 168 Å². The number of benzene rings is 5. The molecule has 216 valence electrons. The van der Waals surface area contributed by atoms with Crippen molar-refractivity contribution >= 4 is 22.1 Å². The lowest BCUT2D eigenvalue weighted by molar-refractivity contribution is 0.399. The van der Waals surface area contributed by atoms with E-state index in [4.69, 9.17) is 13.9 Å². The molecule has 46 heavy (non-hydrogen) atoms. The van der Waals surface area contributed by atoms with Crippen molar-refractivity contribution in [3.8, 4) is 45.4 Å². The van der Waals surface area contributed by atoms with Gasteiger partial charge >= 0.3 is 0 Å². The van der Waals surface area contributed by atoms with Crippen LogP contribution in [0.3, 0.4) is 0 Å². The van der Waals surface area contributed by atoms with Crippen molar-refractivity contribution in [1.82, 2.24) is 9.97 Å². The molecule has 1 atom stereocenters. The standard InChI is InChI=1S/C41H24N2O3/c1-3-14-34-29(11-1)41(30-12-2-4-15-35(30)45-38-24-26(18-20-32(38)41)33-13-5-6-21-42-33)31-19-17-25(23-37(31)44-34)27-9-7-16-36-39(27)28-10-8-22-43-40(28)46-36/h1-24H. The second-order valence-corrected chi connectivity index (χ2v) is 11.7. The summed E-state index contributed by atoms with van der Waals surface area (Å²) in [7, 11) is 0. The fraction of sp³-hybridized carbons (Fsp3) is 0.0244. The molecule has 1 spiro atoms. The SMILES string of the molecule is c1ccc(-c2ccc3c(c2)Oc2ccccc2C32c3ccccc3Oc3cc(-c4cccc5oc6ncccc6c45)ccc32)nc1. The molecule has 5 aromatic carbocycles. The zero-order chi connectivity index (χ0) is 30.2. The molecule has 0 saturated carbocycles. The van der Waals surface area contributed by atoms with Gasteiger partial charge in [0.05, 0.1) is 11.1 Å². The molecular weight excluding hydrogens is 568 g/mol. The van der Waals surface area contributed by atoms with Crippen LogP contribution in [-0.2, 0) is 5.41 Å². The Labute approximate surface area is 264 Å². The quantitative estimate of drug-likeness (QED) is 0.200. The van der Waals surface area contributed by atoms with Gasteiger partial charge in [-0.1, -0.05) is 78.9 Å². The van der Waals surface area contributed by atoms with Gasteiger partial charge in [0.2, 0.25) is 5.71 Å². The third-order valence-corrected chi connectivity index (χ3v) is 9.34. The number of aromatic nitrogens is 2. The Morgan fingerprint density at radius 2 is 1.13 bits per heavy atom. The normalized spacial score (nSPS) is 15.8. The minimum absolute atomic E-state index is 0.632. The number of rotatable bonds is 2. The van der Waals surface area contributed by atoms with Gasteiger partial charge in [-0.15, -0.1) is 0 Å². The first kappa shape index (κ1) is 25.2. The van der Waals surface area contributed by atoms with Crippen molar-refractivity contribution in [2.45, 2.75) is 5.41 Å². The molecule has 8 aromatic rings. The Balaban J connectivity index is 1.25. The molecule has 0 radical (unpaired) electrons. The first-order valence-electron chi connectivity index (χ1n) is 15.3. The highest BCUT2D eigenvalue weighted by molar-refractivity contribution is 6.11. The summed E-state index contributed by atoms with van der Waals surface area (Å²) in [5.41, 5.74) is 9.04. The number of ether oxygens (including phenoxy) is 2. The van der Waals surface area contributed by atoms with Gasteiger partial charge < -0.3 is 13.9 Å². The van der Waals surface area contributed by atoms with Crippen LogP contribution in [0.1, 0.15) is 22.3 Å². The maximum atomic E-state index is 6.78. The lowest BCUT2D eigenvalue weighted by Gasteiger charge is -2.45. The Bertz CT molecular complexity index is 2490. The maximum absolute atomic E-state index is 6.78. The molecule has 0 saturated heterocycles. The van der Waals surface area contributed by atoms with Crippen molar-refractivity contribution in [1.29, 1.82) is 0 Å². The number of para-hydroxylation sites is 2. The molecule has 2 aliphatic rings. The van der Waals surface area contributed by atoms with Gasteiger partial charge in [0.1, 0.15) is 28.6 Å². The van der Waals surface area contributed by atoms with Gasteiger partial charge in [-0.2, -0.15) is 0 Å². The van der Waals surface area contributed by atoms with Gasteiger partial charge in [0.15, 0.2) is 0 Å². The van der Waals surface area contributed by atoms with Gasteiger partial charge in [-0.05, 0) is 65.7 Å². The average Bonchev–Trinajstić information content (AvgIpc) is 3.50. The van der Waals surface area contributed by atoms with Crippen LogP contribution in [0, 0.1) is 0 Å². The number of nitrogens with zero attached hydrogens (tertiary/aromatic N) is 2. The lowest BCUT2D eigenvalue weighted by Crippen LogP contribution is -2.36. The van der Waals surface area contributed by atoms with Crippen molar-refractivity contribution in [3.63, 3.8) is 0 Å². The summed E-state index contributed by atoms with van der Waals surface area (Å²) in [6.07, 6.45) is 3.58. The molecule has 2 aliphatic heterocycles. The highest BCUT2D eigenvalue weighted by Gasteiger charge is 2.50. The predicted molar refractivity (Wildman–Crippen MR) is 179 cm³/mol. The van der Waals surface area contributed by atoms with Crippen LogP contribution in [-0.4, -0.2) is 9.97 Å².